The molecule has 0 saturated carbocycles. The van der Waals surface area contributed by atoms with Crippen molar-refractivity contribution < 1.29 is 4.74 Å². The van der Waals surface area contributed by atoms with Gasteiger partial charge in [0.2, 0.25) is 0 Å². The zero-order valence-electron chi connectivity index (χ0n) is 14.4. The number of aryl methyl sites for hydroxylation is 2. The molecular weight excluding hydrogens is 300 g/mol. The van der Waals surface area contributed by atoms with E-state index >= 15 is 0 Å². The average Bonchev–Trinajstić information content (AvgIpc) is 3.10. The average molecular weight is 324 g/mol. The molecule has 3 rings (SSSR count). The molecule has 0 aliphatic carbocycles. The molecule has 0 saturated heterocycles. The van der Waals surface area contributed by atoms with Crippen LogP contribution >= 0.6 is 0 Å². The highest BCUT2D eigenvalue weighted by Crippen LogP contribution is 2.25. The molecule has 5 heteroatoms. The number of nitrogens with zero attached hydrogens (tertiary/aromatic N) is 1. The molecule has 0 bridgehead atoms. The predicted molar refractivity (Wildman–Crippen MR) is 100 cm³/mol. The van der Waals surface area contributed by atoms with Gasteiger partial charge in [-0.05, 0) is 54.8 Å². The Labute approximate surface area is 143 Å². The quantitative estimate of drug-likeness (QED) is 0.790. The van der Waals surface area contributed by atoms with Crippen molar-refractivity contribution in [2.75, 3.05) is 30.8 Å². The Morgan fingerprint density at radius 2 is 1.96 bits per heavy atom. The van der Waals surface area contributed by atoms with Crippen molar-refractivity contribution in [3.63, 3.8) is 0 Å². The summed E-state index contributed by atoms with van der Waals surface area (Å²) in [6.07, 6.45) is 0. The van der Waals surface area contributed by atoms with Gasteiger partial charge >= 0.3 is 0 Å². The molecule has 0 amide bonds. The maximum absolute atomic E-state index is 5.27. The Morgan fingerprint density at radius 3 is 2.62 bits per heavy atom. The van der Waals surface area contributed by atoms with Crippen LogP contribution in [0.4, 0.5) is 11.4 Å². The van der Waals surface area contributed by atoms with Crippen LogP contribution in [0.5, 0.6) is 5.75 Å². The first-order chi connectivity index (χ1) is 11.7. The number of guanidine groups is 1. The van der Waals surface area contributed by atoms with Crippen molar-refractivity contribution in [2.24, 2.45) is 4.99 Å². The second-order valence-corrected chi connectivity index (χ2v) is 5.97. The third-order valence-corrected chi connectivity index (χ3v) is 4.08. The summed E-state index contributed by atoms with van der Waals surface area (Å²) in [6.45, 7) is 6.72. The van der Waals surface area contributed by atoms with Crippen LogP contribution in [0.15, 0.2) is 41.4 Å². The number of nitrogens with one attached hydrogen (secondary N) is 3. The minimum atomic E-state index is 0.761. The second-order valence-electron chi connectivity index (χ2n) is 5.97. The number of aliphatic imine (C=N–C) groups is 1. The van der Waals surface area contributed by atoms with Crippen molar-refractivity contribution in [1.82, 2.24) is 5.32 Å². The summed E-state index contributed by atoms with van der Waals surface area (Å²) in [7, 11) is 1.69. The van der Waals surface area contributed by atoms with Crippen molar-refractivity contribution >= 4 is 17.3 Å². The van der Waals surface area contributed by atoms with Crippen LogP contribution < -0.4 is 20.7 Å². The zero-order valence-corrected chi connectivity index (χ0v) is 14.4. The number of hydrogen-bond acceptors (Lipinski definition) is 5. The molecule has 0 fully saturated rings. The van der Waals surface area contributed by atoms with Gasteiger partial charge in [-0.2, -0.15) is 0 Å². The lowest BCUT2D eigenvalue weighted by Gasteiger charge is -2.16. The van der Waals surface area contributed by atoms with Crippen LogP contribution in [0.1, 0.15) is 16.7 Å². The summed E-state index contributed by atoms with van der Waals surface area (Å²) in [4.78, 5) is 4.39. The molecule has 0 spiro atoms. The molecule has 1 heterocycles. The van der Waals surface area contributed by atoms with Gasteiger partial charge in [0.1, 0.15) is 5.75 Å². The van der Waals surface area contributed by atoms with Crippen LogP contribution in [0.25, 0.3) is 0 Å². The van der Waals surface area contributed by atoms with Crippen LogP contribution in [-0.4, -0.2) is 26.2 Å². The lowest BCUT2D eigenvalue weighted by molar-refractivity contribution is 0.414. The molecule has 0 unspecified atom stereocenters. The van der Waals surface area contributed by atoms with Gasteiger partial charge in [-0.3, -0.25) is 4.99 Å². The van der Waals surface area contributed by atoms with Crippen molar-refractivity contribution in [3.8, 4) is 5.75 Å². The number of rotatable bonds is 5. The lowest BCUT2D eigenvalue weighted by atomic mass is 10.1. The molecule has 3 N–H and O–H groups in total. The van der Waals surface area contributed by atoms with Crippen LogP contribution in [0.3, 0.4) is 0 Å². The Bertz CT molecular complexity index is 732. The van der Waals surface area contributed by atoms with Crippen LogP contribution in [0.2, 0.25) is 0 Å². The molecular formula is C19H24N4O. The molecule has 0 aromatic heterocycles. The van der Waals surface area contributed by atoms with Gasteiger partial charge in [-0.25, -0.2) is 0 Å². The molecule has 1 aliphatic rings. The summed E-state index contributed by atoms with van der Waals surface area (Å²) in [5.41, 5.74) is 5.81. The summed E-state index contributed by atoms with van der Waals surface area (Å²) >= 11 is 0. The van der Waals surface area contributed by atoms with Gasteiger partial charge in [0, 0.05) is 24.5 Å². The molecule has 0 atom stereocenters. The Balaban J connectivity index is 1.70. The molecule has 126 valence electrons. The highest BCUT2D eigenvalue weighted by atomic mass is 16.5. The number of benzene rings is 2. The molecule has 24 heavy (non-hydrogen) atoms. The second kappa shape index (κ2) is 7.25. The lowest BCUT2D eigenvalue weighted by Crippen LogP contribution is -2.26. The zero-order chi connectivity index (χ0) is 16.9. The first-order valence-corrected chi connectivity index (χ1v) is 8.19. The van der Waals surface area contributed by atoms with E-state index in [-0.39, 0.29) is 0 Å². The maximum atomic E-state index is 5.27. The fraction of sp³-hybridized carbons (Fsp3) is 0.316. The van der Waals surface area contributed by atoms with E-state index in [9.17, 15) is 0 Å². The number of methoxy groups -OCH3 is 1. The Kier molecular flexibility index (Phi) is 4.89. The van der Waals surface area contributed by atoms with Crippen LogP contribution in [-0.2, 0) is 6.54 Å². The first-order valence-electron chi connectivity index (χ1n) is 8.19. The Hall–Kier alpha value is -2.69. The molecule has 0 radical (unpaired) electrons. The van der Waals surface area contributed by atoms with Crippen molar-refractivity contribution in [3.05, 3.63) is 53.1 Å². The number of hydrogen-bond donors (Lipinski definition) is 3. The minimum Gasteiger partial charge on any atom is -0.497 e. The van der Waals surface area contributed by atoms with E-state index < -0.39 is 0 Å². The largest absolute Gasteiger partial charge is 0.497 e. The third-order valence-electron chi connectivity index (χ3n) is 4.08. The highest BCUT2D eigenvalue weighted by molar-refractivity contribution is 5.96. The first kappa shape index (κ1) is 16.2. The van der Waals surface area contributed by atoms with E-state index in [1.807, 2.05) is 18.2 Å². The SMILES string of the molecule is COc1cccc(CNc2cc(C)c(NC3=NCCN3)c(C)c2)c1. The number of anilines is 2. The molecule has 2 aromatic carbocycles. The van der Waals surface area contributed by atoms with Gasteiger partial charge in [-0.1, -0.05) is 12.1 Å². The third kappa shape index (κ3) is 3.79. The maximum Gasteiger partial charge on any atom is 0.195 e. The smallest absolute Gasteiger partial charge is 0.195 e. The van der Waals surface area contributed by atoms with Crippen molar-refractivity contribution in [2.45, 2.75) is 20.4 Å². The van der Waals surface area contributed by atoms with Gasteiger partial charge in [0.25, 0.3) is 0 Å². The van der Waals surface area contributed by atoms with E-state index in [4.69, 9.17) is 4.74 Å². The molecule has 5 nitrogen and oxygen atoms in total. The van der Waals surface area contributed by atoms with Gasteiger partial charge in [-0.15, -0.1) is 0 Å². The van der Waals surface area contributed by atoms with E-state index in [0.29, 0.717) is 0 Å². The highest BCUT2D eigenvalue weighted by Gasteiger charge is 2.10. The summed E-state index contributed by atoms with van der Waals surface area (Å²) in [5.74, 6) is 1.74. The fourth-order valence-corrected chi connectivity index (χ4v) is 2.85. The van der Waals surface area contributed by atoms with Gasteiger partial charge in [0.05, 0.1) is 13.7 Å². The normalized spacial score (nSPS) is 13.2. The molecule has 1 aliphatic heterocycles. The topological polar surface area (TPSA) is 57.7 Å². The monoisotopic (exact) mass is 324 g/mol. The van der Waals surface area contributed by atoms with Gasteiger partial charge in [0.15, 0.2) is 5.96 Å². The van der Waals surface area contributed by atoms with E-state index in [0.717, 1.165) is 42.7 Å². The van der Waals surface area contributed by atoms with Gasteiger partial charge < -0.3 is 20.7 Å². The standard InChI is InChI=1S/C19H24N4O/c1-13-9-16(22-12-15-5-4-6-17(11-15)24-3)10-14(2)18(13)23-19-20-7-8-21-19/h4-6,9-11,22H,7-8,12H2,1-3H3,(H2,20,21,23). The number of ether oxygens (including phenoxy) is 1. The Morgan fingerprint density at radius 1 is 1.17 bits per heavy atom. The molecule has 2 aromatic rings. The summed E-state index contributed by atoms with van der Waals surface area (Å²) in [5, 5.41) is 10.1. The minimum absolute atomic E-state index is 0.761. The van der Waals surface area contributed by atoms with Crippen LogP contribution in [0, 0.1) is 13.8 Å². The van der Waals surface area contributed by atoms with Crippen molar-refractivity contribution in [1.29, 1.82) is 0 Å². The summed E-state index contributed by atoms with van der Waals surface area (Å²) < 4.78 is 5.27. The van der Waals surface area contributed by atoms with E-state index in [1.165, 1.54) is 16.7 Å². The fourth-order valence-electron chi connectivity index (χ4n) is 2.85. The predicted octanol–water partition coefficient (Wildman–Crippen LogP) is 3.30. The van der Waals surface area contributed by atoms with E-state index in [1.54, 1.807) is 7.11 Å². The summed E-state index contributed by atoms with van der Waals surface area (Å²) in [6, 6.07) is 12.4. The van der Waals surface area contributed by atoms with E-state index in [2.05, 4.69) is 53.0 Å².